The van der Waals surface area contributed by atoms with E-state index in [1.165, 1.54) is 5.56 Å². The maximum Gasteiger partial charge on any atom is 0.253 e. The highest BCUT2D eigenvalue weighted by atomic mass is 16.5. The number of aryl methyl sites for hydroxylation is 1. The number of rotatable bonds is 10. The molecule has 0 radical (unpaired) electrons. The van der Waals surface area contributed by atoms with Gasteiger partial charge in [-0.1, -0.05) is 67.6 Å². The summed E-state index contributed by atoms with van der Waals surface area (Å²) in [6.45, 7) is 2.94. The first-order valence-electron chi connectivity index (χ1n) is 10.5. The van der Waals surface area contributed by atoms with Crippen molar-refractivity contribution < 1.29 is 19.4 Å². The van der Waals surface area contributed by atoms with Crippen LogP contribution in [-0.4, -0.2) is 24.7 Å². The third kappa shape index (κ3) is 6.33. The number of aliphatic hydroxyl groups is 1. The Kier molecular flexibility index (Phi) is 8.07. The molecule has 5 nitrogen and oxygen atoms in total. The molecular formula is C26H29NO4. The van der Waals surface area contributed by atoms with Crippen molar-refractivity contribution in [2.45, 2.75) is 32.5 Å². The summed E-state index contributed by atoms with van der Waals surface area (Å²) in [6, 6.07) is 23.1. The fourth-order valence-electron chi connectivity index (χ4n) is 3.24. The van der Waals surface area contributed by atoms with E-state index in [0.717, 1.165) is 17.5 Å². The van der Waals surface area contributed by atoms with Crippen molar-refractivity contribution in [3.8, 4) is 11.5 Å². The number of aliphatic hydroxyl groups excluding tert-OH is 1. The van der Waals surface area contributed by atoms with Crippen LogP contribution in [0.1, 0.15) is 35.3 Å². The molecule has 0 aliphatic carbocycles. The second-order valence-corrected chi connectivity index (χ2v) is 7.30. The summed E-state index contributed by atoms with van der Waals surface area (Å²) in [5, 5.41) is 13.1. The summed E-state index contributed by atoms with van der Waals surface area (Å²) in [6.07, 6.45) is 0.360. The van der Waals surface area contributed by atoms with Gasteiger partial charge in [0.05, 0.1) is 7.11 Å². The zero-order chi connectivity index (χ0) is 22.1. The fourth-order valence-corrected chi connectivity index (χ4v) is 3.24. The van der Waals surface area contributed by atoms with Gasteiger partial charge in [0.1, 0.15) is 6.61 Å². The Labute approximate surface area is 183 Å². The summed E-state index contributed by atoms with van der Waals surface area (Å²) in [4.78, 5) is 12.3. The number of carbonyl (C=O) groups excluding carboxylic acids is 1. The standard InChI is InChI=1S/C26H29NO4/c1-3-19-9-12-22(13-10-19)25(28)26(29)27-16-15-20-11-14-23(24(17-20)30-2)31-18-21-7-5-4-6-8-21/h4-14,17,25,28H,3,15-16,18H2,1-2H3,(H,27,29). The number of nitrogens with one attached hydrogen (secondary N) is 1. The third-order valence-corrected chi connectivity index (χ3v) is 5.13. The van der Waals surface area contributed by atoms with Crippen molar-refractivity contribution >= 4 is 5.91 Å². The summed E-state index contributed by atoms with van der Waals surface area (Å²) >= 11 is 0. The zero-order valence-corrected chi connectivity index (χ0v) is 18.0. The summed E-state index contributed by atoms with van der Waals surface area (Å²) in [5.74, 6) is 0.917. The van der Waals surface area contributed by atoms with Crippen LogP contribution >= 0.6 is 0 Å². The quantitative estimate of drug-likeness (QED) is 0.516. The van der Waals surface area contributed by atoms with Crippen molar-refractivity contribution in [1.82, 2.24) is 5.32 Å². The van der Waals surface area contributed by atoms with Gasteiger partial charge in [0.2, 0.25) is 0 Å². The zero-order valence-electron chi connectivity index (χ0n) is 18.0. The Bertz CT molecular complexity index is 970. The Morgan fingerprint density at radius 1 is 0.935 bits per heavy atom. The lowest BCUT2D eigenvalue weighted by molar-refractivity contribution is -0.129. The SMILES string of the molecule is CCc1ccc(C(O)C(=O)NCCc2ccc(OCc3ccccc3)c(OC)c2)cc1. The third-order valence-electron chi connectivity index (χ3n) is 5.13. The van der Waals surface area contributed by atoms with Crippen molar-refractivity contribution in [1.29, 1.82) is 0 Å². The molecule has 0 bridgehead atoms. The van der Waals surface area contributed by atoms with Crippen molar-refractivity contribution in [2.24, 2.45) is 0 Å². The van der Waals surface area contributed by atoms with Crippen LogP contribution < -0.4 is 14.8 Å². The molecule has 3 aromatic carbocycles. The molecule has 1 unspecified atom stereocenters. The molecular weight excluding hydrogens is 390 g/mol. The molecule has 0 aliphatic heterocycles. The molecule has 0 fully saturated rings. The Balaban J connectivity index is 1.51. The van der Waals surface area contributed by atoms with Crippen molar-refractivity contribution in [3.63, 3.8) is 0 Å². The lowest BCUT2D eigenvalue weighted by atomic mass is 10.1. The Hall–Kier alpha value is -3.31. The second-order valence-electron chi connectivity index (χ2n) is 7.30. The van der Waals surface area contributed by atoms with Gasteiger partial charge in [-0.2, -0.15) is 0 Å². The fraction of sp³-hybridized carbons (Fsp3) is 0.269. The lowest BCUT2D eigenvalue weighted by Gasteiger charge is -2.14. The number of carbonyl (C=O) groups is 1. The van der Waals surface area contributed by atoms with Crippen LogP contribution in [-0.2, 0) is 24.2 Å². The Morgan fingerprint density at radius 2 is 1.65 bits per heavy atom. The maximum atomic E-state index is 12.3. The average molecular weight is 420 g/mol. The van der Waals surface area contributed by atoms with Gasteiger partial charge in [0.25, 0.3) is 5.91 Å². The van der Waals surface area contributed by atoms with E-state index < -0.39 is 12.0 Å². The van der Waals surface area contributed by atoms with Crippen molar-refractivity contribution in [2.75, 3.05) is 13.7 Å². The number of benzene rings is 3. The number of methoxy groups -OCH3 is 1. The summed E-state index contributed by atoms with van der Waals surface area (Å²) < 4.78 is 11.3. The van der Waals surface area contributed by atoms with Gasteiger partial charge in [0, 0.05) is 6.54 Å². The molecule has 0 saturated carbocycles. The van der Waals surface area contributed by atoms with Crippen LogP contribution in [0, 0.1) is 0 Å². The number of hydrogen-bond acceptors (Lipinski definition) is 4. The number of hydrogen-bond donors (Lipinski definition) is 2. The van der Waals surface area contributed by atoms with E-state index >= 15 is 0 Å². The van der Waals surface area contributed by atoms with Crippen LogP contribution in [0.4, 0.5) is 0 Å². The van der Waals surface area contributed by atoms with E-state index in [4.69, 9.17) is 9.47 Å². The van der Waals surface area contributed by atoms with Gasteiger partial charge in [0.15, 0.2) is 17.6 Å². The first kappa shape index (κ1) is 22.4. The molecule has 2 N–H and O–H groups in total. The van der Waals surface area contributed by atoms with E-state index in [2.05, 4.69) is 12.2 Å². The molecule has 0 saturated heterocycles. The first-order chi connectivity index (χ1) is 15.1. The van der Waals surface area contributed by atoms with Gasteiger partial charge >= 0.3 is 0 Å². The van der Waals surface area contributed by atoms with E-state index in [9.17, 15) is 9.90 Å². The lowest BCUT2D eigenvalue weighted by Crippen LogP contribution is -2.31. The van der Waals surface area contributed by atoms with E-state index in [-0.39, 0.29) is 0 Å². The molecule has 0 aliphatic rings. The molecule has 3 rings (SSSR count). The number of ether oxygens (including phenoxy) is 2. The van der Waals surface area contributed by atoms with Gasteiger partial charge in [-0.15, -0.1) is 0 Å². The van der Waals surface area contributed by atoms with Gasteiger partial charge in [-0.05, 0) is 47.2 Å². The van der Waals surface area contributed by atoms with E-state index in [0.29, 0.717) is 36.6 Å². The topological polar surface area (TPSA) is 67.8 Å². The van der Waals surface area contributed by atoms with Crippen LogP contribution in [0.3, 0.4) is 0 Å². The highest BCUT2D eigenvalue weighted by Gasteiger charge is 2.16. The molecule has 0 aromatic heterocycles. The molecule has 0 heterocycles. The summed E-state index contributed by atoms with van der Waals surface area (Å²) in [7, 11) is 1.61. The largest absolute Gasteiger partial charge is 0.493 e. The molecule has 0 spiro atoms. The van der Waals surface area contributed by atoms with Crippen LogP contribution in [0.5, 0.6) is 11.5 Å². The van der Waals surface area contributed by atoms with Crippen LogP contribution in [0.2, 0.25) is 0 Å². The predicted octanol–water partition coefficient (Wildman–Crippen LogP) is 4.23. The summed E-state index contributed by atoms with van der Waals surface area (Å²) in [5.41, 5.74) is 3.85. The van der Waals surface area contributed by atoms with Gasteiger partial charge in [-0.3, -0.25) is 4.79 Å². The molecule has 3 aromatic rings. The van der Waals surface area contributed by atoms with Crippen molar-refractivity contribution in [3.05, 3.63) is 95.1 Å². The van der Waals surface area contributed by atoms with E-state index in [1.807, 2.05) is 60.7 Å². The van der Waals surface area contributed by atoms with E-state index in [1.54, 1.807) is 19.2 Å². The second kappa shape index (κ2) is 11.2. The molecule has 5 heteroatoms. The Morgan fingerprint density at radius 3 is 2.32 bits per heavy atom. The van der Waals surface area contributed by atoms with Crippen LogP contribution in [0.25, 0.3) is 0 Å². The minimum atomic E-state index is -1.17. The van der Waals surface area contributed by atoms with Gasteiger partial charge < -0.3 is 19.9 Å². The molecule has 162 valence electrons. The minimum Gasteiger partial charge on any atom is -0.493 e. The normalized spacial score (nSPS) is 11.6. The van der Waals surface area contributed by atoms with Crippen LogP contribution in [0.15, 0.2) is 72.8 Å². The average Bonchev–Trinajstić information content (AvgIpc) is 2.83. The maximum absolute atomic E-state index is 12.3. The minimum absolute atomic E-state index is 0.404. The molecule has 1 amide bonds. The predicted molar refractivity (Wildman–Crippen MR) is 121 cm³/mol. The highest BCUT2D eigenvalue weighted by Crippen LogP contribution is 2.29. The molecule has 31 heavy (non-hydrogen) atoms. The first-order valence-corrected chi connectivity index (χ1v) is 10.5. The molecule has 1 atom stereocenters. The van der Waals surface area contributed by atoms with Gasteiger partial charge in [-0.25, -0.2) is 0 Å². The monoisotopic (exact) mass is 419 g/mol. The number of amides is 1. The highest BCUT2D eigenvalue weighted by molar-refractivity contribution is 5.81. The smallest absolute Gasteiger partial charge is 0.253 e.